The maximum absolute atomic E-state index is 13.6. The number of sulfonamides is 1. The van der Waals surface area contributed by atoms with Crippen molar-refractivity contribution in [3.8, 4) is 0 Å². The number of nitrogens with zero attached hydrogens (tertiary/aromatic N) is 1. The molecule has 0 aliphatic heterocycles. The van der Waals surface area contributed by atoms with Gasteiger partial charge in [-0.15, -0.1) is 0 Å². The molecule has 0 saturated carbocycles. The lowest BCUT2D eigenvalue weighted by atomic mass is 10.2. The van der Waals surface area contributed by atoms with Crippen LogP contribution in [-0.4, -0.2) is 18.4 Å². The van der Waals surface area contributed by atoms with Crippen LogP contribution >= 0.6 is 11.6 Å². The smallest absolute Gasteiger partial charge is 0.241 e. The van der Waals surface area contributed by atoms with Gasteiger partial charge in [-0.1, -0.05) is 11.6 Å². The van der Waals surface area contributed by atoms with Crippen LogP contribution in [0.4, 0.5) is 4.39 Å². The van der Waals surface area contributed by atoms with E-state index in [-0.39, 0.29) is 28.6 Å². The first-order valence-corrected chi connectivity index (χ1v) is 7.45. The van der Waals surface area contributed by atoms with Crippen LogP contribution in [0.15, 0.2) is 29.6 Å². The molecule has 1 heterocycles. The normalized spacial score (nSPS) is 11.8. The Morgan fingerprint density at radius 3 is 2.80 bits per heavy atom. The van der Waals surface area contributed by atoms with Crippen LogP contribution in [0.1, 0.15) is 11.3 Å². The van der Waals surface area contributed by atoms with Crippen LogP contribution in [0, 0.1) is 5.82 Å². The molecule has 0 atom stereocenters. The number of hydrogen-bond acceptors (Lipinski definition) is 4. The Labute approximate surface area is 120 Å². The summed E-state index contributed by atoms with van der Waals surface area (Å²) in [6.45, 7) is -0.0375. The first-order valence-electron chi connectivity index (χ1n) is 5.59. The summed E-state index contributed by atoms with van der Waals surface area (Å²) in [5, 5.41) is -0.167. The Morgan fingerprint density at radius 2 is 2.20 bits per heavy atom. The largest absolute Gasteiger partial charge is 0.347 e. The van der Waals surface area contributed by atoms with Gasteiger partial charge in [0.25, 0.3) is 0 Å². The Bertz CT molecular complexity index is 703. The van der Waals surface area contributed by atoms with Crippen molar-refractivity contribution < 1.29 is 12.8 Å². The Kier molecular flexibility index (Phi) is 4.39. The van der Waals surface area contributed by atoms with E-state index in [1.807, 2.05) is 0 Å². The molecule has 0 bridgehead atoms. The summed E-state index contributed by atoms with van der Waals surface area (Å²) in [7, 11) is -3.86. The van der Waals surface area contributed by atoms with Crippen LogP contribution in [-0.2, 0) is 23.1 Å². The van der Waals surface area contributed by atoms with Gasteiger partial charge in [-0.2, -0.15) is 0 Å². The second-order valence-corrected chi connectivity index (χ2v) is 6.13. The molecule has 2 aromatic rings. The van der Waals surface area contributed by atoms with Gasteiger partial charge < -0.3 is 10.7 Å². The highest BCUT2D eigenvalue weighted by molar-refractivity contribution is 7.89. The van der Waals surface area contributed by atoms with Gasteiger partial charge in [-0.3, -0.25) is 0 Å². The van der Waals surface area contributed by atoms with Crippen molar-refractivity contribution in [1.29, 1.82) is 0 Å². The number of benzene rings is 1. The number of imidazole rings is 1. The summed E-state index contributed by atoms with van der Waals surface area (Å²) in [4.78, 5) is 6.29. The molecule has 0 fully saturated rings. The van der Waals surface area contributed by atoms with Crippen molar-refractivity contribution >= 4 is 21.6 Å². The summed E-state index contributed by atoms with van der Waals surface area (Å²) in [5.74, 6) is -0.823. The summed E-state index contributed by atoms with van der Waals surface area (Å²) in [6, 6.07) is 2.11. The second kappa shape index (κ2) is 5.88. The highest BCUT2D eigenvalue weighted by Crippen LogP contribution is 2.24. The zero-order chi connectivity index (χ0) is 14.8. The maximum atomic E-state index is 13.6. The fraction of sp³-hybridized carbons (Fsp3) is 0.182. The predicted octanol–water partition coefficient (Wildman–Crippen LogP) is 1.14. The zero-order valence-corrected chi connectivity index (χ0v) is 11.8. The van der Waals surface area contributed by atoms with Crippen molar-refractivity contribution in [2.45, 2.75) is 18.0 Å². The Hall–Kier alpha value is -1.48. The van der Waals surface area contributed by atoms with Crippen LogP contribution in [0.5, 0.6) is 0 Å². The van der Waals surface area contributed by atoms with Gasteiger partial charge in [0.1, 0.15) is 5.82 Å². The van der Waals surface area contributed by atoms with E-state index in [1.54, 1.807) is 0 Å². The average Bonchev–Trinajstić information content (AvgIpc) is 2.92. The molecule has 0 radical (unpaired) electrons. The molecule has 0 unspecified atom stereocenters. The molecule has 0 saturated heterocycles. The monoisotopic (exact) mass is 318 g/mol. The predicted molar refractivity (Wildman–Crippen MR) is 71.9 cm³/mol. The minimum absolute atomic E-state index is 0.0184. The zero-order valence-electron chi connectivity index (χ0n) is 10.2. The molecular formula is C11H12ClFN4O2S. The van der Waals surface area contributed by atoms with Crippen LogP contribution in [0.2, 0.25) is 5.02 Å². The highest BCUT2D eigenvalue weighted by Gasteiger charge is 2.18. The summed E-state index contributed by atoms with van der Waals surface area (Å²) >= 11 is 5.69. The van der Waals surface area contributed by atoms with Gasteiger partial charge in [0.15, 0.2) is 0 Å². The SMILES string of the molecule is NCc1cc(S(=O)(=O)NCc2cnc[nH]2)cc(F)c1Cl. The molecule has 0 aliphatic rings. The first-order chi connectivity index (χ1) is 9.44. The lowest BCUT2D eigenvalue weighted by Gasteiger charge is -2.09. The molecule has 6 nitrogen and oxygen atoms in total. The maximum Gasteiger partial charge on any atom is 0.241 e. The third-order valence-electron chi connectivity index (χ3n) is 2.61. The van der Waals surface area contributed by atoms with Crippen molar-refractivity contribution in [2.24, 2.45) is 5.73 Å². The summed E-state index contributed by atoms with van der Waals surface area (Å²) in [6.07, 6.45) is 2.91. The third-order valence-corrected chi connectivity index (χ3v) is 4.42. The fourth-order valence-electron chi connectivity index (χ4n) is 1.56. The molecule has 0 aliphatic carbocycles. The number of hydrogen-bond donors (Lipinski definition) is 3. The van der Waals surface area contributed by atoms with E-state index in [1.165, 1.54) is 18.6 Å². The molecule has 9 heteroatoms. The van der Waals surface area contributed by atoms with Crippen LogP contribution in [0.3, 0.4) is 0 Å². The standard InChI is InChI=1S/C11H12ClFN4O2S/c12-11-7(3-14)1-9(2-10(11)13)20(18,19)17-5-8-4-15-6-16-8/h1-2,4,6,17H,3,5,14H2,(H,15,16). The number of halogens is 2. The van der Waals surface area contributed by atoms with E-state index in [0.717, 1.165) is 6.07 Å². The Balaban J connectivity index is 2.27. The van der Waals surface area contributed by atoms with E-state index in [0.29, 0.717) is 5.69 Å². The average molecular weight is 319 g/mol. The van der Waals surface area contributed by atoms with Gasteiger partial charge in [-0.25, -0.2) is 22.5 Å². The number of nitrogens with two attached hydrogens (primary N) is 1. The number of nitrogens with one attached hydrogen (secondary N) is 2. The van der Waals surface area contributed by atoms with Gasteiger partial charge >= 0.3 is 0 Å². The topological polar surface area (TPSA) is 101 Å². The number of aromatic amines is 1. The molecule has 20 heavy (non-hydrogen) atoms. The second-order valence-electron chi connectivity index (χ2n) is 3.98. The lowest BCUT2D eigenvalue weighted by molar-refractivity contribution is 0.576. The third kappa shape index (κ3) is 3.15. The molecule has 1 aromatic heterocycles. The van der Waals surface area contributed by atoms with E-state index in [4.69, 9.17) is 17.3 Å². The van der Waals surface area contributed by atoms with Gasteiger partial charge in [0.05, 0.1) is 22.8 Å². The number of aromatic nitrogens is 2. The van der Waals surface area contributed by atoms with E-state index >= 15 is 0 Å². The van der Waals surface area contributed by atoms with Gasteiger partial charge in [0.2, 0.25) is 10.0 Å². The first kappa shape index (κ1) is 14.9. The molecule has 0 spiro atoms. The molecule has 108 valence electrons. The minimum atomic E-state index is -3.86. The molecule has 2 rings (SSSR count). The van der Waals surface area contributed by atoms with Crippen LogP contribution in [0.25, 0.3) is 0 Å². The molecular weight excluding hydrogens is 307 g/mol. The van der Waals surface area contributed by atoms with Crippen LogP contribution < -0.4 is 10.5 Å². The van der Waals surface area contributed by atoms with Crippen molar-refractivity contribution in [3.05, 3.63) is 46.8 Å². The van der Waals surface area contributed by atoms with E-state index in [9.17, 15) is 12.8 Å². The highest BCUT2D eigenvalue weighted by atomic mass is 35.5. The summed E-state index contributed by atoms with van der Waals surface area (Å²) < 4.78 is 40.0. The summed E-state index contributed by atoms with van der Waals surface area (Å²) in [5.41, 5.74) is 6.22. The quantitative estimate of drug-likeness (QED) is 0.769. The van der Waals surface area contributed by atoms with Crippen molar-refractivity contribution in [1.82, 2.24) is 14.7 Å². The van der Waals surface area contributed by atoms with E-state index in [2.05, 4.69) is 14.7 Å². The minimum Gasteiger partial charge on any atom is -0.347 e. The van der Waals surface area contributed by atoms with Gasteiger partial charge in [-0.05, 0) is 17.7 Å². The van der Waals surface area contributed by atoms with Gasteiger partial charge in [0, 0.05) is 18.4 Å². The number of rotatable bonds is 5. The molecule has 4 N–H and O–H groups in total. The Morgan fingerprint density at radius 1 is 1.45 bits per heavy atom. The molecule has 1 aromatic carbocycles. The molecule has 0 amide bonds. The van der Waals surface area contributed by atoms with Crippen molar-refractivity contribution in [3.63, 3.8) is 0 Å². The van der Waals surface area contributed by atoms with Crippen molar-refractivity contribution in [2.75, 3.05) is 0 Å². The lowest BCUT2D eigenvalue weighted by Crippen LogP contribution is -2.24. The van der Waals surface area contributed by atoms with E-state index < -0.39 is 15.8 Å². The fourth-order valence-corrected chi connectivity index (χ4v) is 2.81. The number of H-pyrrole nitrogens is 1.